The van der Waals surface area contributed by atoms with E-state index in [1.165, 1.54) is 0 Å². The van der Waals surface area contributed by atoms with Gasteiger partial charge in [0.25, 0.3) is 0 Å². The first-order valence-corrected chi connectivity index (χ1v) is 5.09. The maximum Gasteiger partial charge on any atom is 0.103 e. The van der Waals surface area contributed by atoms with Crippen LogP contribution in [-0.4, -0.2) is 48.1 Å². The first-order chi connectivity index (χ1) is 6.60. The van der Waals surface area contributed by atoms with Gasteiger partial charge in [-0.3, -0.25) is 9.80 Å². The largest absolute Gasteiger partial charge is 0.297 e. The number of piperazine rings is 1. The highest BCUT2D eigenvalue weighted by Gasteiger charge is 2.29. The third-order valence-electron chi connectivity index (χ3n) is 2.82. The first-order valence-electron chi connectivity index (χ1n) is 5.09. The van der Waals surface area contributed by atoms with Crippen LogP contribution in [0.3, 0.4) is 0 Å². The molecule has 0 amide bonds. The molecular weight excluding hydrogens is 174 g/mol. The zero-order valence-electron chi connectivity index (χ0n) is 9.16. The van der Waals surface area contributed by atoms with Crippen molar-refractivity contribution in [2.24, 2.45) is 0 Å². The summed E-state index contributed by atoms with van der Waals surface area (Å²) in [7, 11) is 0. The zero-order chi connectivity index (χ0) is 10.6. The SMILES string of the molecule is C=CCN1CCN(C(C)(C)C#N)CC1. The van der Waals surface area contributed by atoms with E-state index < -0.39 is 0 Å². The van der Waals surface area contributed by atoms with E-state index in [1.54, 1.807) is 0 Å². The lowest BCUT2D eigenvalue weighted by molar-refractivity contribution is 0.0863. The van der Waals surface area contributed by atoms with Crippen molar-refractivity contribution < 1.29 is 0 Å². The lowest BCUT2D eigenvalue weighted by atomic mass is 10.0. The van der Waals surface area contributed by atoms with E-state index in [2.05, 4.69) is 22.4 Å². The van der Waals surface area contributed by atoms with Crippen molar-refractivity contribution in [1.82, 2.24) is 9.80 Å². The van der Waals surface area contributed by atoms with Crippen LogP contribution in [0, 0.1) is 11.3 Å². The molecule has 0 spiro atoms. The molecule has 1 fully saturated rings. The van der Waals surface area contributed by atoms with E-state index in [4.69, 9.17) is 5.26 Å². The van der Waals surface area contributed by atoms with Gasteiger partial charge in [-0.25, -0.2) is 0 Å². The van der Waals surface area contributed by atoms with Gasteiger partial charge in [0.2, 0.25) is 0 Å². The molecule has 0 aromatic carbocycles. The molecule has 1 heterocycles. The number of hydrogen-bond acceptors (Lipinski definition) is 3. The average molecular weight is 193 g/mol. The van der Waals surface area contributed by atoms with Crippen LogP contribution in [0.2, 0.25) is 0 Å². The molecule has 0 bridgehead atoms. The summed E-state index contributed by atoms with van der Waals surface area (Å²) >= 11 is 0. The summed E-state index contributed by atoms with van der Waals surface area (Å²) in [6.45, 7) is 12.7. The summed E-state index contributed by atoms with van der Waals surface area (Å²) in [5.41, 5.74) is -0.319. The van der Waals surface area contributed by atoms with Crippen molar-refractivity contribution in [3.8, 4) is 6.07 Å². The Labute approximate surface area is 86.6 Å². The minimum Gasteiger partial charge on any atom is -0.297 e. The maximum absolute atomic E-state index is 8.99. The number of nitrogens with zero attached hydrogens (tertiary/aromatic N) is 3. The Morgan fingerprint density at radius 3 is 2.36 bits per heavy atom. The van der Waals surface area contributed by atoms with Crippen molar-refractivity contribution >= 4 is 0 Å². The van der Waals surface area contributed by atoms with Crippen LogP contribution in [0.25, 0.3) is 0 Å². The van der Waals surface area contributed by atoms with Gasteiger partial charge in [0.1, 0.15) is 5.54 Å². The molecule has 1 aliphatic rings. The van der Waals surface area contributed by atoms with E-state index in [-0.39, 0.29) is 5.54 Å². The summed E-state index contributed by atoms with van der Waals surface area (Å²) in [5.74, 6) is 0. The smallest absolute Gasteiger partial charge is 0.103 e. The maximum atomic E-state index is 8.99. The van der Waals surface area contributed by atoms with Crippen LogP contribution in [-0.2, 0) is 0 Å². The minimum absolute atomic E-state index is 0.319. The van der Waals surface area contributed by atoms with Crippen molar-refractivity contribution in [2.45, 2.75) is 19.4 Å². The molecule has 0 radical (unpaired) electrons. The molecule has 0 aromatic rings. The monoisotopic (exact) mass is 193 g/mol. The molecule has 0 unspecified atom stereocenters. The summed E-state index contributed by atoms with van der Waals surface area (Å²) in [5, 5.41) is 8.99. The summed E-state index contributed by atoms with van der Waals surface area (Å²) in [6, 6.07) is 2.35. The van der Waals surface area contributed by atoms with Crippen LogP contribution in [0.15, 0.2) is 12.7 Å². The van der Waals surface area contributed by atoms with Crippen LogP contribution in [0.5, 0.6) is 0 Å². The van der Waals surface area contributed by atoms with Gasteiger partial charge in [0, 0.05) is 32.7 Å². The van der Waals surface area contributed by atoms with Gasteiger partial charge in [0.15, 0.2) is 0 Å². The normalized spacial score (nSPS) is 20.4. The van der Waals surface area contributed by atoms with Gasteiger partial charge in [-0.2, -0.15) is 5.26 Å². The molecule has 3 nitrogen and oxygen atoms in total. The van der Waals surface area contributed by atoms with Crippen LogP contribution < -0.4 is 0 Å². The second-order valence-corrected chi connectivity index (χ2v) is 4.25. The van der Waals surface area contributed by atoms with E-state index >= 15 is 0 Å². The predicted octanol–water partition coefficient (Wildman–Crippen LogP) is 1.09. The molecule has 3 heteroatoms. The van der Waals surface area contributed by atoms with E-state index in [0.717, 1.165) is 32.7 Å². The molecule has 0 atom stereocenters. The topological polar surface area (TPSA) is 30.3 Å². The molecule has 0 aromatic heterocycles. The molecule has 14 heavy (non-hydrogen) atoms. The average Bonchev–Trinajstić information content (AvgIpc) is 2.19. The summed E-state index contributed by atoms with van der Waals surface area (Å²) in [6.07, 6.45) is 1.94. The predicted molar refractivity (Wildman–Crippen MR) is 57.9 cm³/mol. The van der Waals surface area contributed by atoms with Gasteiger partial charge in [-0.05, 0) is 13.8 Å². The molecule has 1 aliphatic heterocycles. The standard InChI is InChI=1S/C11H19N3/c1-4-5-13-6-8-14(9-7-13)11(2,3)10-12/h4H,1,5-9H2,2-3H3. The Morgan fingerprint density at radius 1 is 1.36 bits per heavy atom. The summed E-state index contributed by atoms with van der Waals surface area (Å²) in [4.78, 5) is 4.60. The van der Waals surface area contributed by atoms with Crippen LogP contribution >= 0.6 is 0 Å². The number of rotatable bonds is 3. The lowest BCUT2D eigenvalue weighted by Crippen LogP contribution is -2.53. The van der Waals surface area contributed by atoms with Gasteiger partial charge >= 0.3 is 0 Å². The molecule has 0 N–H and O–H groups in total. The van der Waals surface area contributed by atoms with E-state index in [1.807, 2.05) is 19.9 Å². The quantitative estimate of drug-likeness (QED) is 0.629. The molecule has 0 aliphatic carbocycles. The van der Waals surface area contributed by atoms with E-state index in [9.17, 15) is 0 Å². The Balaban J connectivity index is 2.44. The van der Waals surface area contributed by atoms with Crippen molar-refractivity contribution in [3.63, 3.8) is 0 Å². The minimum atomic E-state index is -0.319. The highest BCUT2D eigenvalue weighted by atomic mass is 15.3. The fraction of sp³-hybridized carbons (Fsp3) is 0.727. The molecule has 1 rings (SSSR count). The highest BCUT2D eigenvalue weighted by molar-refractivity contribution is 5.02. The Morgan fingerprint density at radius 2 is 1.93 bits per heavy atom. The second kappa shape index (κ2) is 4.59. The molecule has 0 saturated carbocycles. The van der Waals surface area contributed by atoms with Crippen LogP contribution in [0.4, 0.5) is 0 Å². The second-order valence-electron chi connectivity index (χ2n) is 4.25. The third kappa shape index (κ3) is 2.57. The number of hydrogen-bond donors (Lipinski definition) is 0. The third-order valence-corrected chi connectivity index (χ3v) is 2.82. The van der Waals surface area contributed by atoms with Crippen molar-refractivity contribution in [1.29, 1.82) is 5.26 Å². The van der Waals surface area contributed by atoms with Gasteiger partial charge in [0.05, 0.1) is 6.07 Å². The Bertz CT molecular complexity index is 231. The highest BCUT2D eigenvalue weighted by Crippen LogP contribution is 2.15. The van der Waals surface area contributed by atoms with Gasteiger partial charge in [-0.15, -0.1) is 6.58 Å². The van der Waals surface area contributed by atoms with Crippen molar-refractivity contribution in [2.75, 3.05) is 32.7 Å². The zero-order valence-corrected chi connectivity index (χ0v) is 9.16. The van der Waals surface area contributed by atoms with Gasteiger partial charge < -0.3 is 0 Å². The molecular formula is C11H19N3. The fourth-order valence-corrected chi connectivity index (χ4v) is 1.74. The lowest BCUT2D eigenvalue weighted by Gasteiger charge is -2.40. The number of nitriles is 1. The summed E-state index contributed by atoms with van der Waals surface area (Å²) < 4.78 is 0. The molecule has 1 saturated heterocycles. The van der Waals surface area contributed by atoms with Crippen molar-refractivity contribution in [3.05, 3.63) is 12.7 Å². The van der Waals surface area contributed by atoms with E-state index in [0.29, 0.717) is 0 Å². The molecule has 78 valence electrons. The van der Waals surface area contributed by atoms with Crippen LogP contribution in [0.1, 0.15) is 13.8 Å². The Hall–Kier alpha value is -0.850. The first kappa shape index (κ1) is 11.2. The Kier molecular flexibility index (Phi) is 3.68. The van der Waals surface area contributed by atoms with Gasteiger partial charge in [-0.1, -0.05) is 6.08 Å². The fourth-order valence-electron chi connectivity index (χ4n) is 1.74.